The molecule has 0 aliphatic carbocycles. The first-order valence-electron chi connectivity index (χ1n) is 9.26. The van der Waals surface area contributed by atoms with Gasteiger partial charge in [-0.15, -0.1) is 0 Å². The highest BCUT2D eigenvalue weighted by Gasteiger charge is 2.31. The number of aromatic nitrogens is 1. The summed E-state index contributed by atoms with van der Waals surface area (Å²) in [7, 11) is 3.53. The van der Waals surface area contributed by atoms with Crippen LogP contribution in [0, 0.1) is 5.92 Å². The topological polar surface area (TPSA) is 54.3 Å². The van der Waals surface area contributed by atoms with Gasteiger partial charge in [0.2, 0.25) is 5.91 Å². The molecule has 0 saturated carbocycles. The molecule has 1 amide bonds. The van der Waals surface area contributed by atoms with Crippen LogP contribution < -0.4 is 10.9 Å². The molecule has 4 rings (SSSR count). The Bertz CT molecular complexity index is 883. The first-order valence-corrected chi connectivity index (χ1v) is 9.26. The minimum Gasteiger partial charge on any atom is -0.349 e. The Hall–Kier alpha value is -2.40. The van der Waals surface area contributed by atoms with Crippen molar-refractivity contribution in [2.75, 3.05) is 27.2 Å². The second-order valence-electron chi connectivity index (χ2n) is 7.74. The van der Waals surface area contributed by atoms with E-state index >= 15 is 0 Å². The number of amides is 1. The maximum Gasteiger partial charge on any atom is 0.251 e. The Morgan fingerprint density at radius 2 is 1.92 bits per heavy atom. The lowest BCUT2D eigenvalue weighted by Gasteiger charge is -2.37. The standard InChI is InChI=1S/C21H25N3O2/c1-23(2)20(25)8-14-3-5-16(6-4-14)17-9-19-18-7-15(11-22-12-18)13-24(19)21(26)10-17/h3-6,9-10,15,18,22H,7-8,11-13H2,1-2H3/t15-,18+/m0/s1. The van der Waals surface area contributed by atoms with Crippen LogP contribution in [0.2, 0.25) is 0 Å². The molecule has 5 heteroatoms. The Balaban J connectivity index is 1.63. The van der Waals surface area contributed by atoms with Crippen molar-refractivity contribution in [3.8, 4) is 11.1 Å². The molecule has 1 N–H and O–H groups in total. The number of rotatable bonds is 3. The maximum atomic E-state index is 12.7. The zero-order valence-electron chi connectivity index (χ0n) is 15.4. The van der Waals surface area contributed by atoms with Crippen LogP contribution in [0.4, 0.5) is 0 Å². The van der Waals surface area contributed by atoms with Gasteiger partial charge in [-0.25, -0.2) is 0 Å². The van der Waals surface area contributed by atoms with E-state index in [9.17, 15) is 9.59 Å². The van der Waals surface area contributed by atoms with E-state index in [2.05, 4.69) is 11.4 Å². The summed E-state index contributed by atoms with van der Waals surface area (Å²) in [4.78, 5) is 26.1. The number of nitrogens with one attached hydrogen (secondary N) is 1. The lowest BCUT2D eigenvalue weighted by Crippen LogP contribution is -2.44. The van der Waals surface area contributed by atoms with E-state index in [0.717, 1.165) is 42.0 Å². The molecule has 1 fully saturated rings. The fourth-order valence-electron chi connectivity index (χ4n) is 4.12. The second kappa shape index (κ2) is 6.72. The number of piperidine rings is 1. The normalized spacial score (nSPS) is 21.2. The minimum absolute atomic E-state index is 0.0872. The highest BCUT2D eigenvalue weighted by atomic mass is 16.2. The third-order valence-corrected chi connectivity index (χ3v) is 5.60. The molecule has 136 valence electrons. The number of likely N-dealkylation sites (N-methyl/N-ethyl adjacent to an activating group) is 1. The number of carbonyl (C=O) groups is 1. The number of fused-ring (bicyclic) bond motifs is 4. The summed E-state index contributed by atoms with van der Waals surface area (Å²) >= 11 is 0. The van der Waals surface area contributed by atoms with Crippen molar-refractivity contribution in [1.82, 2.24) is 14.8 Å². The van der Waals surface area contributed by atoms with Gasteiger partial charge in [-0.05, 0) is 41.6 Å². The number of benzene rings is 1. The van der Waals surface area contributed by atoms with E-state index in [1.54, 1.807) is 25.1 Å². The molecule has 0 radical (unpaired) electrons. The van der Waals surface area contributed by atoms with Crippen molar-refractivity contribution >= 4 is 5.91 Å². The molecule has 5 nitrogen and oxygen atoms in total. The predicted octanol–water partition coefficient (Wildman–Crippen LogP) is 1.85. The smallest absolute Gasteiger partial charge is 0.251 e. The van der Waals surface area contributed by atoms with Gasteiger partial charge in [0, 0.05) is 44.9 Å². The van der Waals surface area contributed by atoms with Crippen LogP contribution in [0.1, 0.15) is 23.6 Å². The summed E-state index contributed by atoms with van der Waals surface area (Å²) in [5, 5.41) is 3.49. The fourth-order valence-corrected chi connectivity index (χ4v) is 4.12. The highest BCUT2D eigenvalue weighted by molar-refractivity contribution is 5.78. The molecule has 1 saturated heterocycles. The van der Waals surface area contributed by atoms with Crippen molar-refractivity contribution in [2.45, 2.75) is 25.3 Å². The molecule has 0 spiro atoms. The van der Waals surface area contributed by atoms with Crippen LogP contribution in [0.5, 0.6) is 0 Å². The molecule has 2 bridgehead atoms. The molecular weight excluding hydrogens is 326 g/mol. The summed E-state index contributed by atoms with van der Waals surface area (Å²) in [5.74, 6) is 1.08. The third-order valence-electron chi connectivity index (χ3n) is 5.60. The highest BCUT2D eigenvalue weighted by Crippen LogP contribution is 2.33. The van der Waals surface area contributed by atoms with Crippen LogP contribution in [0.25, 0.3) is 11.1 Å². The number of hydrogen-bond acceptors (Lipinski definition) is 3. The molecule has 2 atom stereocenters. The van der Waals surface area contributed by atoms with E-state index in [1.807, 2.05) is 28.8 Å². The van der Waals surface area contributed by atoms with Crippen molar-refractivity contribution in [2.24, 2.45) is 5.92 Å². The van der Waals surface area contributed by atoms with Crippen LogP contribution >= 0.6 is 0 Å². The Morgan fingerprint density at radius 3 is 2.65 bits per heavy atom. The first-order chi connectivity index (χ1) is 12.5. The molecule has 26 heavy (non-hydrogen) atoms. The van der Waals surface area contributed by atoms with E-state index in [1.165, 1.54) is 6.42 Å². The Labute approximate surface area is 153 Å². The minimum atomic E-state index is 0.0872. The molecule has 1 aromatic heterocycles. The van der Waals surface area contributed by atoms with Gasteiger partial charge >= 0.3 is 0 Å². The largest absolute Gasteiger partial charge is 0.349 e. The van der Waals surface area contributed by atoms with Crippen LogP contribution in [-0.4, -0.2) is 42.6 Å². The molecule has 1 aromatic carbocycles. The predicted molar refractivity (Wildman–Crippen MR) is 102 cm³/mol. The van der Waals surface area contributed by atoms with Gasteiger partial charge in [0.25, 0.3) is 5.56 Å². The SMILES string of the molecule is CN(C)C(=O)Cc1ccc(-c2cc3n(c(=O)c2)C[C@@H]2CNC[C@H]3C2)cc1. The van der Waals surface area contributed by atoms with Gasteiger partial charge in [0.05, 0.1) is 6.42 Å². The molecular formula is C21H25N3O2. The van der Waals surface area contributed by atoms with Gasteiger partial charge in [-0.2, -0.15) is 0 Å². The molecule has 2 aliphatic heterocycles. The summed E-state index contributed by atoms with van der Waals surface area (Å²) in [5.41, 5.74) is 4.23. The summed E-state index contributed by atoms with van der Waals surface area (Å²) in [6.07, 6.45) is 1.57. The first kappa shape index (κ1) is 17.0. The second-order valence-corrected chi connectivity index (χ2v) is 7.74. The van der Waals surface area contributed by atoms with E-state index in [4.69, 9.17) is 0 Å². The average molecular weight is 351 g/mol. The lowest BCUT2D eigenvalue weighted by molar-refractivity contribution is -0.127. The van der Waals surface area contributed by atoms with Crippen molar-refractivity contribution in [3.05, 3.63) is 58.0 Å². The van der Waals surface area contributed by atoms with Crippen LogP contribution in [-0.2, 0) is 17.8 Å². The van der Waals surface area contributed by atoms with Gasteiger partial charge in [-0.3, -0.25) is 9.59 Å². The average Bonchev–Trinajstić information content (AvgIpc) is 2.63. The summed E-state index contributed by atoms with van der Waals surface area (Å²) in [6.45, 7) is 2.78. The third kappa shape index (κ3) is 3.19. The van der Waals surface area contributed by atoms with Crippen molar-refractivity contribution in [3.63, 3.8) is 0 Å². The van der Waals surface area contributed by atoms with E-state index in [-0.39, 0.29) is 11.5 Å². The quantitative estimate of drug-likeness (QED) is 0.918. The number of carbonyl (C=O) groups excluding carboxylic acids is 1. The molecule has 2 aromatic rings. The fraction of sp³-hybridized carbons (Fsp3) is 0.429. The van der Waals surface area contributed by atoms with E-state index < -0.39 is 0 Å². The van der Waals surface area contributed by atoms with E-state index in [0.29, 0.717) is 18.3 Å². The lowest BCUT2D eigenvalue weighted by atomic mass is 9.83. The molecule has 0 unspecified atom stereocenters. The van der Waals surface area contributed by atoms with Crippen molar-refractivity contribution < 1.29 is 4.79 Å². The molecule has 2 aliphatic rings. The zero-order valence-corrected chi connectivity index (χ0v) is 15.4. The number of hydrogen-bond donors (Lipinski definition) is 1. The summed E-state index contributed by atoms with van der Waals surface area (Å²) in [6, 6.07) is 11.9. The van der Waals surface area contributed by atoms with Gasteiger partial charge < -0.3 is 14.8 Å². The maximum absolute atomic E-state index is 12.7. The summed E-state index contributed by atoms with van der Waals surface area (Å²) < 4.78 is 1.97. The number of pyridine rings is 1. The Kier molecular flexibility index (Phi) is 4.41. The van der Waals surface area contributed by atoms with Gasteiger partial charge in [0.1, 0.15) is 0 Å². The zero-order chi connectivity index (χ0) is 18.3. The van der Waals surface area contributed by atoms with Crippen molar-refractivity contribution in [1.29, 1.82) is 0 Å². The van der Waals surface area contributed by atoms with Crippen LogP contribution in [0.3, 0.4) is 0 Å². The van der Waals surface area contributed by atoms with Crippen LogP contribution in [0.15, 0.2) is 41.2 Å². The van der Waals surface area contributed by atoms with Gasteiger partial charge in [-0.1, -0.05) is 24.3 Å². The monoisotopic (exact) mass is 351 g/mol. The number of nitrogens with zero attached hydrogens (tertiary/aromatic N) is 2. The molecule has 3 heterocycles. The Morgan fingerprint density at radius 1 is 1.15 bits per heavy atom. The van der Waals surface area contributed by atoms with Gasteiger partial charge in [0.15, 0.2) is 0 Å².